The van der Waals surface area contributed by atoms with Crippen LogP contribution in [0, 0.1) is 34.5 Å². The van der Waals surface area contributed by atoms with Crippen LogP contribution in [-0.4, -0.2) is 95.2 Å². The molecular formula is C27H39NO7. The number of hydrogen-bond acceptors (Lipinski definition) is 8. The summed E-state index contributed by atoms with van der Waals surface area (Å²) in [5.74, 6) is 0.443. The zero-order chi connectivity index (χ0) is 24.9. The highest BCUT2D eigenvalue weighted by Gasteiger charge is 2.83. The molecular weight excluding hydrogens is 450 g/mol. The third-order valence-corrected chi connectivity index (χ3v) is 10.8. The van der Waals surface area contributed by atoms with Crippen molar-refractivity contribution >= 4 is 11.8 Å². The van der Waals surface area contributed by atoms with Gasteiger partial charge in [-0.05, 0) is 18.9 Å². The molecule has 5 aliphatic carbocycles. The minimum atomic E-state index is -0.415. The summed E-state index contributed by atoms with van der Waals surface area (Å²) in [6.07, 6.45) is 1.27. The van der Waals surface area contributed by atoms with Gasteiger partial charge in [0.05, 0.1) is 18.8 Å². The number of esters is 1. The second-order valence-electron chi connectivity index (χ2n) is 11.6. The zero-order valence-electron chi connectivity index (χ0n) is 21.7. The van der Waals surface area contributed by atoms with Crippen LogP contribution in [0.5, 0.6) is 0 Å². The summed E-state index contributed by atoms with van der Waals surface area (Å²) in [6, 6.07) is 0.256. The number of methoxy groups -OCH3 is 4. The molecule has 1 heterocycles. The molecule has 8 heteroatoms. The first kappa shape index (κ1) is 24.0. The van der Waals surface area contributed by atoms with E-state index in [2.05, 4.69) is 11.8 Å². The van der Waals surface area contributed by atoms with E-state index in [4.69, 9.17) is 23.7 Å². The molecule has 0 N–H and O–H groups in total. The number of carbonyl (C=O) groups excluding carboxylic acids is 2. The molecule has 194 valence electrons. The lowest BCUT2D eigenvalue weighted by molar-refractivity contribution is -0.277. The van der Waals surface area contributed by atoms with E-state index >= 15 is 0 Å². The van der Waals surface area contributed by atoms with E-state index in [9.17, 15) is 9.59 Å². The van der Waals surface area contributed by atoms with Crippen LogP contribution in [0.15, 0.2) is 11.1 Å². The molecule has 3 saturated carbocycles. The van der Waals surface area contributed by atoms with Gasteiger partial charge in [-0.2, -0.15) is 0 Å². The van der Waals surface area contributed by atoms with E-state index < -0.39 is 5.41 Å². The van der Waals surface area contributed by atoms with Crippen molar-refractivity contribution < 1.29 is 33.3 Å². The Kier molecular flexibility index (Phi) is 5.56. The van der Waals surface area contributed by atoms with Crippen LogP contribution in [0.2, 0.25) is 0 Å². The summed E-state index contributed by atoms with van der Waals surface area (Å²) in [5.41, 5.74) is 2.12. The van der Waals surface area contributed by atoms with Gasteiger partial charge in [-0.3, -0.25) is 14.5 Å². The standard InChI is InChI=1S/C27H39NO7/c1-7-28-11-26(12-31-3)18(35-13(2)29)10-19(33-5)27-16-8-15-20(16)14(9-17(32-4)22(15)30)21(25(27)28)23(34-6)24(26)27/h15-19,21,23-25H,7-12H2,1-6H3/t15-,16-,17+,18+,19-,21-,23-,24+,25?,26-,27-/m0/s1. The summed E-state index contributed by atoms with van der Waals surface area (Å²) < 4.78 is 30.5. The molecule has 5 bridgehead atoms. The third-order valence-electron chi connectivity index (χ3n) is 10.8. The van der Waals surface area contributed by atoms with Gasteiger partial charge in [0.25, 0.3) is 0 Å². The average molecular weight is 490 g/mol. The lowest BCUT2D eigenvalue weighted by Gasteiger charge is -2.71. The molecule has 0 radical (unpaired) electrons. The number of piperidine rings is 1. The summed E-state index contributed by atoms with van der Waals surface area (Å²) in [4.78, 5) is 28.2. The lowest BCUT2D eigenvalue weighted by atomic mass is 9.39. The molecule has 35 heavy (non-hydrogen) atoms. The average Bonchev–Trinajstić information content (AvgIpc) is 2.98. The van der Waals surface area contributed by atoms with Crippen molar-refractivity contribution in [1.29, 1.82) is 0 Å². The number of ketones is 1. The number of rotatable bonds is 7. The van der Waals surface area contributed by atoms with Crippen molar-refractivity contribution in [3.8, 4) is 0 Å². The van der Waals surface area contributed by atoms with Crippen LogP contribution in [0.3, 0.4) is 0 Å². The molecule has 1 aliphatic heterocycles. The number of hydrogen-bond donors (Lipinski definition) is 0. The third kappa shape index (κ3) is 2.65. The Labute approximate surface area is 207 Å². The monoisotopic (exact) mass is 489 g/mol. The maximum absolute atomic E-state index is 13.3. The van der Waals surface area contributed by atoms with Gasteiger partial charge in [-0.25, -0.2) is 0 Å². The fourth-order valence-corrected chi connectivity index (χ4v) is 10.2. The molecule has 4 fully saturated rings. The number of ether oxygens (including phenoxy) is 5. The largest absolute Gasteiger partial charge is 0.462 e. The fourth-order valence-electron chi connectivity index (χ4n) is 10.2. The molecule has 0 aromatic heterocycles. The van der Waals surface area contributed by atoms with E-state index in [1.807, 2.05) is 7.11 Å². The summed E-state index contributed by atoms with van der Waals surface area (Å²) >= 11 is 0. The number of likely N-dealkylation sites (tertiary alicyclic amines) is 1. The highest BCUT2D eigenvalue weighted by atomic mass is 16.6. The molecule has 0 aromatic carbocycles. The molecule has 11 atom stereocenters. The number of carbonyl (C=O) groups is 2. The van der Waals surface area contributed by atoms with Gasteiger partial charge in [-0.15, -0.1) is 0 Å². The van der Waals surface area contributed by atoms with Gasteiger partial charge in [-0.1, -0.05) is 18.1 Å². The van der Waals surface area contributed by atoms with Crippen LogP contribution >= 0.6 is 0 Å². The Morgan fingerprint density at radius 2 is 1.86 bits per heavy atom. The smallest absolute Gasteiger partial charge is 0.302 e. The molecule has 8 nitrogen and oxygen atoms in total. The molecule has 1 saturated heterocycles. The molecule has 0 aromatic rings. The van der Waals surface area contributed by atoms with E-state index in [0.717, 1.165) is 19.5 Å². The summed E-state index contributed by atoms with van der Waals surface area (Å²) in [5, 5.41) is 0. The van der Waals surface area contributed by atoms with Gasteiger partial charge in [0, 0.05) is 89.4 Å². The van der Waals surface area contributed by atoms with Crippen LogP contribution in [0.25, 0.3) is 0 Å². The van der Waals surface area contributed by atoms with E-state index in [-0.39, 0.29) is 71.3 Å². The molecule has 0 amide bonds. The number of allylic oxidation sites excluding steroid dienone is 1. The number of Topliss-reactive ketones (excluding diaryl/α,β-unsaturated/α-hetero) is 1. The van der Waals surface area contributed by atoms with Crippen molar-refractivity contribution in [2.45, 2.75) is 63.6 Å². The van der Waals surface area contributed by atoms with Gasteiger partial charge >= 0.3 is 5.97 Å². The molecule has 1 unspecified atom stereocenters. The maximum atomic E-state index is 13.3. The summed E-state index contributed by atoms with van der Waals surface area (Å²) in [7, 11) is 7.00. The predicted molar refractivity (Wildman–Crippen MR) is 126 cm³/mol. The first-order valence-electron chi connectivity index (χ1n) is 13.1. The molecule has 1 spiro atoms. The predicted octanol–water partition coefficient (Wildman–Crippen LogP) is 1.86. The van der Waals surface area contributed by atoms with E-state index in [1.165, 1.54) is 18.1 Å². The number of nitrogens with zero attached hydrogens (tertiary/aromatic N) is 1. The fraction of sp³-hybridized carbons (Fsp3) is 0.852. The van der Waals surface area contributed by atoms with Crippen molar-refractivity contribution in [1.82, 2.24) is 4.90 Å². The first-order valence-corrected chi connectivity index (χ1v) is 13.1. The molecule has 6 aliphatic rings. The normalized spacial score (nSPS) is 49.5. The van der Waals surface area contributed by atoms with Crippen LogP contribution in [-0.2, 0) is 33.3 Å². The molecule has 6 rings (SSSR count). The first-order chi connectivity index (χ1) is 16.8. The van der Waals surface area contributed by atoms with Crippen molar-refractivity contribution in [2.24, 2.45) is 34.5 Å². The Balaban J connectivity index is 1.60. The van der Waals surface area contributed by atoms with Gasteiger partial charge in [0.1, 0.15) is 12.2 Å². The zero-order valence-corrected chi connectivity index (χ0v) is 21.7. The SMILES string of the molecule is CCN1C[C@@]2(COC)[C@H]3[C@@H](OC)[C@@H]4C5=C6[C@H](C[C@@H]6[C@]3(C41)[C@@H](OC)C[C@H]2OC(C)=O)C(=O)[C@H](OC)C5. The van der Waals surface area contributed by atoms with Gasteiger partial charge in [0.2, 0.25) is 0 Å². The second kappa shape index (κ2) is 8.09. The van der Waals surface area contributed by atoms with E-state index in [0.29, 0.717) is 19.4 Å². The highest BCUT2D eigenvalue weighted by Crippen LogP contribution is 2.78. The van der Waals surface area contributed by atoms with Crippen molar-refractivity contribution in [2.75, 3.05) is 48.1 Å². The van der Waals surface area contributed by atoms with Crippen molar-refractivity contribution in [3.63, 3.8) is 0 Å². The Morgan fingerprint density at radius 3 is 2.46 bits per heavy atom. The minimum absolute atomic E-state index is 0.0414. The van der Waals surface area contributed by atoms with Crippen LogP contribution in [0.1, 0.15) is 33.1 Å². The van der Waals surface area contributed by atoms with E-state index in [1.54, 1.807) is 21.3 Å². The van der Waals surface area contributed by atoms with Crippen LogP contribution in [0.4, 0.5) is 0 Å². The Morgan fingerprint density at radius 1 is 1.09 bits per heavy atom. The minimum Gasteiger partial charge on any atom is -0.462 e. The topological polar surface area (TPSA) is 83.5 Å². The Bertz CT molecular complexity index is 965. The van der Waals surface area contributed by atoms with Crippen molar-refractivity contribution in [3.05, 3.63) is 11.1 Å². The second-order valence-corrected chi connectivity index (χ2v) is 11.6. The van der Waals surface area contributed by atoms with Gasteiger partial charge < -0.3 is 23.7 Å². The van der Waals surface area contributed by atoms with Gasteiger partial charge in [0.15, 0.2) is 5.78 Å². The highest BCUT2D eigenvalue weighted by molar-refractivity contribution is 5.92. The van der Waals surface area contributed by atoms with Crippen LogP contribution < -0.4 is 0 Å². The lowest BCUT2D eigenvalue weighted by Crippen LogP contribution is -2.77. The summed E-state index contributed by atoms with van der Waals surface area (Å²) in [6.45, 7) is 5.87. The Hall–Kier alpha value is -1.32. The number of fused-ring (bicyclic) bond motifs is 1. The quantitative estimate of drug-likeness (QED) is 0.396. The maximum Gasteiger partial charge on any atom is 0.302 e.